The van der Waals surface area contributed by atoms with Crippen LogP contribution in [-0.4, -0.2) is 35.6 Å². The number of ether oxygens (including phenoxy) is 1. The lowest BCUT2D eigenvalue weighted by atomic mass is 10.2. The first kappa shape index (κ1) is 12.2. The van der Waals surface area contributed by atoms with Crippen LogP contribution < -0.4 is 10.6 Å². The van der Waals surface area contributed by atoms with Crippen molar-refractivity contribution in [1.29, 1.82) is 0 Å². The summed E-state index contributed by atoms with van der Waals surface area (Å²) in [7, 11) is 0. The predicted octanol–water partition coefficient (Wildman–Crippen LogP) is 1.58. The quantitative estimate of drug-likeness (QED) is 0.850. The number of hydrogen-bond donors (Lipinski definition) is 1. The molecule has 2 heterocycles. The molecule has 17 heavy (non-hydrogen) atoms. The van der Waals surface area contributed by atoms with Crippen molar-refractivity contribution in [3.05, 3.63) is 5.69 Å². The molecule has 2 N–H and O–H groups in total. The molecule has 0 saturated carbocycles. The minimum Gasteiger partial charge on any atom is -0.394 e. The lowest BCUT2D eigenvalue weighted by molar-refractivity contribution is 0.0526. The minimum atomic E-state index is 0.249. The molecule has 1 fully saturated rings. The second kappa shape index (κ2) is 4.56. The molecule has 5 heteroatoms. The highest BCUT2D eigenvalue weighted by molar-refractivity contribution is 5.66. The lowest BCUT2D eigenvalue weighted by Gasteiger charge is -2.33. The normalized spacial score (nSPS) is 21.2. The van der Waals surface area contributed by atoms with Gasteiger partial charge in [-0.15, -0.1) is 0 Å². The monoisotopic (exact) mass is 238 g/mol. The maximum absolute atomic E-state index is 6.15. The SMILES string of the molecule is Cc1nn(C(C)C)c(N2CCOC(C)C2)c1N. The van der Waals surface area contributed by atoms with Crippen LogP contribution >= 0.6 is 0 Å². The van der Waals surface area contributed by atoms with E-state index in [9.17, 15) is 0 Å². The fourth-order valence-electron chi connectivity index (χ4n) is 2.23. The molecular weight excluding hydrogens is 216 g/mol. The summed E-state index contributed by atoms with van der Waals surface area (Å²) in [5.41, 5.74) is 7.86. The number of anilines is 2. The number of hydrogen-bond acceptors (Lipinski definition) is 4. The Bertz CT molecular complexity index is 399. The smallest absolute Gasteiger partial charge is 0.151 e. The Morgan fingerprint density at radius 1 is 1.47 bits per heavy atom. The Kier molecular flexibility index (Phi) is 3.28. The van der Waals surface area contributed by atoms with E-state index in [1.54, 1.807) is 0 Å². The maximum Gasteiger partial charge on any atom is 0.151 e. The molecule has 0 amide bonds. The van der Waals surface area contributed by atoms with Crippen LogP contribution in [-0.2, 0) is 4.74 Å². The Morgan fingerprint density at radius 3 is 2.76 bits per heavy atom. The third-order valence-corrected chi connectivity index (χ3v) is 3.14. The highest BCUT2D eigenvalue weighted by Crippen LogP contribution is 2.30. The number of morpholine rings is 1. The second-order valence-corrected chi connectivity index (χ2v) is 4.99. The van der Waals surface area contributed by atoms with Crippen molar-refractivity contribution in [2.24, 2.45) is 0 Å². The van der Waals surface area contributed by atoms with Gasteiger partial charge < -0.3 is 15.4 Å². The Morgan fingerprint density at radius 2 is 2.18 bits per heavy atom. The summed E-state index contributed by atoms with van der Waals surface area (Å²) in [5, 5.41) is 4.52. The van der Waals surface area contributed by atoms with E-state index >= 15 is 0 Å². The number of aromatic nitrogens is 2. The summed E-state index contributed by atoms with van der Waals surface area (Å²) in [6, 6.07) is 0.319. The van der Waals surface area contributed by atoms with Crippen molar-refractivity contribution >= 4 is 11.5 Å². The lowest BCUT2D eigenvalue weighted by Crippen LogP contribution is -2.42. The number of nitrogens with two attached hydrogens (primary N) is 1. The summed E-state index contributed by atoms with van der Waals surface area (Å²) in [5.74, 6) is 1.05. The molecule has 0 aromatic carbocycles. The molecular formula is C12H22N4O. The van der Waals surface area contributed by atoms with E-state index in [4.69, 9.17) is 10.5 Å². The zero-order valence-corrected chi connectivity index (χ0v) is 11.1. The van der Waals surface area contributed by atoms with E-state index in [1.165, 1.54) is 0 Å². The average molecular weight is 238 g/mol. The third kappa shape index (κ3) is 2.24. The van der Waals surface area contributed by atoms with Gasteiger partial charge in [0.1, 0.15) is 0 Å². The van der Waals surface area contributed by atoms with E-state index in [0.29, 0.717) is 6.04 Å². The highest BCUT2D eigenvalue weighted by atomic mass is 16.5. The van der Waals surface area contributed by atoms with Crippen LogP contribution in [0.2, 0.25) is 0 Å². The van der Waals surface area contributed by atoms with Gasteiger partial charge in [0.2, 0.25) is 0 Å². The molecule has 1 saturated heterocycles. The number of nitrogen functional groups attached to an aromatic ring is 1. The summed E-state index contributed by atoms with van der Waals surface area (Å²) < 4.78 is 7.58. The van der Waals surface area contributed by atoms with Crippen LogP contribution in [0.25, 0.3) is 0 Å². The molecule has 96 valence electrons. The molecule has 0 aliphatic carbocycles. The van der Waals surface area contributed by atoms with E-state index in [1.807, 2.05) is 11.6 Å². The van der Waals surface area contributed by atoms with Crippen molar-refractivity contribution < 1.29 is 4.74 Å². The topological polar surface area (TPSA) is 56.3 Å². The zero-order chi connectivity index (χ0) is 12.6. The third-order valence-electron chi connectivity index (χ3n) is 3.14. The Hall–Kier alpha value is -1.23. The Balaban J connectivity index is 2.35. The largest absolute Gasteiger partial charge is 0.394 e. The van der Waals surface area contributed by atoms with E-state index < -0.39 is 0 Å². The van der Waals surface area contributed by atoms with Crippen molar-refractivity contribution in [3.8, 4) is 0 Å². The van der Waals surface area contributed by atoms with Crippen LogP contribution in [0.5, 0.6) is 0 Å². The summed E-state index contributed by atoms with van der Waals surface area (Å²) in [6.45, 7) is 10.8. The van der Waals surface area contributed by atoms with E-state index in [-0.39, 0.29) is 6.10 Å². The highest BCUT2D eigenvalue weighted by Gasteiger charge is 2.24. The molecule has 1 aliphatic heterocycles. The maximum atomic E-state index is 6.15. The number of aryl methyl sites for hydroxylation is 1. The van der Waals surface area contributed by atoms with Crippen molar-refractivity contribution in [2.45, 2.75) is 39.8 Å². The van der Waals surface area contributed by atoms with Crippen molar-refractivity contribution in [1.82, 2.24) is 9.78 Å². The molecule has 1 atom stereocenters. The standard InChI is InChI=1S/C12H22N4O/c1-8(2)16-12(11(13)10(4)14-16)15-5-6-17-9(3)7-15/h8-9H,5-7,13H2,1-4H3. The van der Waals surface area contributed by atoms with Gasteiger partial charge in [-0.25, -0.2) is 4.68 Å². The molecule has 2 rings (SSSR count). The van der Waals surface area contributed by atoms with Gasteiger partial charge in [-0.3, -0.25) is 0 Å². The molecule has 0 bridgehead atoms. The van der Waals surface area contributed by atoms with Crippen molar-refractivity contribution in [3.63, 3.8) is 0 Å². The summed E-state index contributed by atoms with van der Waals surface area (Å²) in [6.07, 6.45) is 0.249. The first-order chi connectivity index (χ1) is 8.00. The second-order valence-electron chi connectivity index (χ2n) is 4.99. The fraction of sp³-hybridized carbons (Fsp3) is 0.750. The number of rotatable bonds is 2. The predicted molar refractivity (Wildman–Crippen MR) is 69.4 cm³/mol. The van der Waals surface area contributed by atoms with Crippen LogP contribution in [0.15, 0.2) is 0 Å². The van der Waals surface area contributed by atoms with Gasteiger partial charge in [-0.1, -0.05) is 0 Å². The summed E-state index contributed by atoms with van der Waals surface area (Å²) >= 11 is 0. The van der Waals surface area contributed by atoms with Crippen LogP contribution in [0.3, 0.4) is 0 Å². The number of nitrogens with zero attached hydrogens (tertiary/aromatic N) is 3. The zero-order valence-electron chi connectivity index (χ0n) is 11.1. The molecule has 5 nitrogen and oxygen atoms in total. The van der Waals surface area contributed by atoms with E-state index in [0.717, 1.165) is 36.9 Å². The summed E-state index contributed by atoms with van der Waals surface area (Å²) in [4.78, 5) is 2.28. The molecule has 1 aromatic rings. The molecule has 1 aromatic heterocycles. The minimum absolute atomic E-state index is 0.249. The van der Waals surface area contributed by atoms with Gasteiger partial charge in [0, 0.05) is 19.1 Å². The first-order valence-electron chi connectivity index (χ1n) is 6.21. The molecule has 0 spiro atoms. The van der Waals surface area contributed by atoms with Gasteiger partial charge >= 0.3 is 0 Å². The van der Waals surface area contributed by atoms with Crippen LogP contribution in [0.4, 0.5) is 11.5 Å². The molecule has 1 unspecified atom stereocenters. The van der Waals surface area contributed by atoms with Crippen molar-refractivity contribution in [2.75, 3.05) is 30.3 Å². The first-order valence-corrected chi connectivity index (χ1v) is 6.21. The Labute approximate surface area is 103 Å². The van der Waals surface area contributed by atoms with Gasteiger partial charge in [0.05, 0.1) is 24.1 Å². The van der Waals surface area contributed by atoms with Crippen LogP contribution in [0, 0.1) is 6.92 Å². The van der Waals surface area contributed by atoms with Gasteiger partial charge in [0.25, 0.3) is 0 Å². The van der Waals surface area contributed by atoms with E-state index in [2.05, 4.69) is 30.8 Å². The molecule has 1 aliphatic rings. The van der Waals surface area contributed by atoms with Gasteiger partial charge in [-0.2, -0.15) is 5.10 Å². The molecule has 0 radical (unpaired) electrons. The fourth-order valence-corrected chi connectivity index (χ4v) is 2.23. The van der Waals surface area contributed by atoms with Gasteiger partial charge in [-0.05, 0) is 27.7 Å². The van der Waals surface area contributed by atoms with Crippen LogP contribution in [0.1, 0.15) is 32.5 Å². The average Bonchev–Trinajstić information content (AvgIpc) is 2.56. The van der Waals surface area contributed by atoms with Gasteiger partial charge in [0.15, 0.2) is 5.82 Å².